The summed E-state index contributed by atoms with van der Waals surface area (Å²) in [6, 6.07) is 0.0512. The molecule has 0 aliphatic rings. The number of aliphatic hydroxyl groups excluding tert-OH is 2. The standard InChI is InChI=1S/C10H18N2O2/c1-9-6-11-12(7-9)10(8-14)4-2-3-5-13/h6-7,10,13-14H,2-5,8H2,1H3. The van der Waals surface area contributed by atoms with Gasteiger partial charge in [-0.2, -0.15) is 5.10 Å². The molecule has 1 atom stereocenters. The highest BCUT2D eigenvalue weighted by Crippen LogP contribution is 2.13. The van der Waals surface area contributed by atoms with Crippen LogP contribution in [0.3, 0.4) is 0 Å². The number of aryl methyl sites for hydroxylation is 1. The van der Waals surface area contributed by atoms with Crippen molar-refractivity contribution in [2.45, 2.75) is 32.2 Å². The van der Waals surface area contributed by atoms with Crippen molar-refractivity contribution in [2.24, 2.45) is 0 Å². The molecule has 0 aliphatic carbocycles. The monoisotopic (exact) mass is 198 g/mol. The Morgan fingerprint density at radius 3 is 2.71 bits per heavy atom. The lowest BCUT2D eigenvalue weighted by atomic mass is 10.1. The lowest BCUT2D eigenvalue weighted by molar-refractivity contribution is 0.202. The molecular weight excluding hydrogens is 180 g/mol. The Bertz CT molecular complexity index is 260. The number of rotatable bonds is 6. The van der Waals surface area contributed by atoms with Gasteiger partial charge in [-0.25, -0.2) is 0 Å². The van der Waals surface area contributed by atoms with E-state index in [0.717, 1.165) is 24.8 Å². The lowest BCUT2D eigenvalue weighted by Gasteiger charge is -2.14. The van der Waals surface area contributed by atoms with E-state index in [9.17, 15) is 0 Å². The molecule has 0 saturated heterocycles. The van der Waals surface area contributed by atoms with Gasteiger partial charge in [0.05, 0.1) is 18.8 Å². The minimum Gasteiger partial charge on any atom is -0.396 e. The molecule has 0 fully saturated rings. The molecule has 0 amide bonds. The highest BCUT2D eigenvalue weighted by atomic mass is 16.3. The maximum absolute atomic E-state index is 9.16. The normalized spacial score (nSPS) is 13.1. The third-order valence-corrected chi connectivity index (χ3v) is 2.26. The molecule has 1 heterocycles. The van der Waals surface area contributed by atoms with Gasteiger partial charge in [-0.1, -0.05) is 0 Å². The van der Waals surface area contributed by atoms with E-state index in [2.05, 4.69) is 5.10 Å². The molecular formula is C10H18N2O2. The molecule has 0 radical (unpaired) electrons. The van der Waals surface area contributed by atoms with Gasteiger partial charge in [0.25, 0.3) is 0 Å². The minimum absolute atomic E-state index is 0.0512. The quantitative estimate of drug-likeness (QED) is 0.667. The first-order valence-electron chi connectivity index (χ1n) is 5.00. The number of hydrogen-bond donors (Lipinski definition) is 2. The molecule has 4 nitrogen and oxygen atoms in total. The van der Waals surface area contributed by atoms with Gasteiger partial charge in [-0.15, -0.1) is 0 Å². The zero-order chi connectivity index (χ0) is 10.4. The molecule has 0 saturated carbocycles. The summed E-state index contributed by atoms with van der Waals surface area (Å²) in [6.45, 7) is 2.30. The first kappa shape index (κ1) is 11.2. The van der Waals surface area contributed by atoms with Gasteiger partial charge in [0.15, 0.2) is 0 Å². The fourth-order valence-corrected chi connectivity index (χ4v) is 1.43. The molecule has 0 aromatic carbocycles. The van der Waals surface area contributed by atoms with Crippen LogP contribution >= 0.6 is 0 Å². The smallest absolute Gasteiger partial charge is 0.0750 e. The summed E-state index contributed by atoms with van der Waals surface area (Å²) < 4.78 is 1.80. The summed E-state index contributed by atoms with van der Waals surface area (Å²) in [6.07, 6.45) is 6.28. The van der Waals surface area contributed by atoms with Crippen LogP contribution in [-0.2, 0) is 0 Å². The van der Waals surface area contributed by atoms with Crippen LogP contribution in [0.5, 0.6) is 0 Å². The second kappa shape index (κ2) is 5.78. The van der Waals surface area contributed by atoms with Crippen LogP contribution in [0.1, 0.15) is 30.9 Å². The third-order valence-electron chi connectivity index (χ3n) is 2.26. The van der Waals surface area contributed by atoms with Crippen molar-refractivity contribution in [1.82, 2.24) is 9.78 Å². The molecule has 0 bridgehead atoms. The third kappa shape index (κ3) is 3.12. The Kier molecular flexibility index (Phi) is 4.62. The van der Waals surface area contributed by atoms with Crippen LogP contribution in [0.2, 0.25) is 0 Å². The molecule has 14 heavy (non-hydrogen) atoms. The predicted octanol–water partition coefficient (Wildman–Crippen LogP) is 0.888. The van der Waals surface area contributed by atoms with E-state index in [1.54, 1.807) is 10.9 Å². The van der Waals surface area contributed by atoms with Gasteiger partial charge in [-0.05, 0) is 31.7 Å². The second-order valence-electron chi connectivity index (χ2n) is 3.55. The molecule has 80 valence electrons. The van der Waals surface area contributed by atoms with Crippen molar-refractivity contribution in [3.63, 3.8) is 0 Å². The van der Waals surface area contributed by atoms with Gasteiger partial charge in [-0.3, -0.25) is 4.68 Å². The van der Waals surface area contributed by atoms with Crippen molar-refractivity contribution in [1.29, 1.82) is 0 Å². The van der Waals surface area contributed by atoms with Crippen LogP contribution in [0.25, 0.3) is 0 Å². The first-order valence-corrected chi connectivity index (χ1v) is 5.00. The Balaban J connectivity index is 2.45. The lowest BCUT2D eigenvalue weighted by Crippen LogP contribution is -2.13. The number of aliphatic hydroxyl groups is 2. The number of unbranched alkanes of at least 4 members (excludes halogenated alkanes) is 1. The van der Waals surface area contributed by atoms with E-state index in [0.29, 0.717) is 0 Å². The van der Waals surface area contributed by atoms with E-state index >= 15 is 0 Å². The number of aromatic nitrogens is 2. The molecule has 1 rings (SSSR count). The van der Waals surface area contributed by atoms with Crippen LogP contribution in [-0.4, -0.2) is 33.2 Å². The SMILES string of the molecule is Cc1cnn(C(CO)CCCCO)c1. The fourth-order valence-electron chi connectivity index (χ4n) is 1.43. The average Bonchev–Trinajstić information content (AvgIpc) is 2.60. The second-order valence-corrected chi connectivity index (χ2v) is 3.55. The molecule has 2 N–H and O–H groups in total. The minimum atomic E-state index is 0.0512. The summed E-state index contributed by atoms with van der Waals surface area (Å²) in [5.74, 6) is 0. The zero-order valence-electron chi connectivity index (χ0n) is 8.56. The van der Waals surface area contributed by atoms with Crippen molar-refractivity contribution in [2.75, 3.05) is 13.2 Å². The van der Waals surface area contributed by atoms with Crippen molar-refractivity contribution < 1.29 is 10.2 Å². The highest BCUT2D eigenvalue weighted by molar-refractivity contribution is 5.00. The van der Waals surface area contributed by atoms with E-state index in [1.165, 1.54) is 0 Å². The Morgan fingerprint density at radius 1 is 1.43 bits per heavy atom. The van der Waals surface area contributed by atoms with Crippen molar-refractivity contribution >= 4 is 0 Å². The molecule has 4 heteroatoms. The maximum atomic E-state index is 9.16. The largest absolute Gasteiger partial charge is 0.396 e. The summed E-state index contributed by atoms with van der Waals surface area (Å²) >= 11 is 0. The van der Waals surface area contributed by atoms with Gasteiger partial charge < -0.3 is 10.2 Å². The highest BCUT2D eigenvalue weighted by Gasteiger charge is 2.09. The topological polar surface area (TPSA) is 58.3 Å². The van der Waals surface area contributed by atoms with Gasteiger partial charge in [0.2, 0.25) is 0 Å². The summed E-state index contributed by atoms with van der Waals surface area (Å²) in [5.41, 5.74) is 1.10. The van der Waals surface area contributed by atoms with Gasteiger partial charge >= 0.3 is 0 Å². The predicted molar refractivity (Wildman–Crippen MR) is 54.0 cm³/mol. The molecule has 1 aromatic rings. The van der Waals surface area contributed by atoms with Crippen LogP contribution in [0.15, 0.2) is 12.4 Å². The number of hydrogen-bond acceptors (Lipinski definition) is 3. The van der Waals surface area contributed by atoms with Crippen molar-refractivity contribution in [3.05, 3.63) is 18.0 Å². The van der Waals surface area contributed by atoms with Crippen LogP contribution in [0, 0.1) is 6.92 Å². The van der Waals surface area contributed by atoms with Gasteiger partial charge in [0, 0.05) is 12.8 Å². The maximum Gasteiger partial charge on any atom is 0.0750 e. The molecule has 0 spiro atoms. The fraction of sp³-hybridized carbons (Fsp3) is 0.700. The Hall–Kier alpha value is -0.870. The van der Waals surface area contributed by atoms with E-state index in [4.69, 9.17) is 10.2 Å². The summed E-state index contributed by atoms with van der Waals surface area (Å²) in [5, 5.41) is 22.0. The number of nitrogens with zero attached hydrogens (tertiary/aromatic N) is 2. The zero-order valence-corrected chi connectivity index (χ0v) is 8.56. The Morgan fingerprint density at radius 2 is 2.21 bits per heavy atom. The Labute approximate surface area is 84.2 Å². The van der Waals surface area contributed by atoms with E-state index in [-0.39, 0.29) is 19.3 Å². The summed E-state index contributed by atoms with van der Waals surface area (Å²) in [4.78, 5) is 0. The molecule has 1 unspecified atom stereocenters. The van der Waals surface area contributed by atoms with E-state index < -0.39 is 0 Å². The van der Waals surface area contributed by atoms with Crippen molar-refractivity contribution in [3.8, 4) is 0 Å². The average molecular weight is 198 g/mol. The molecule has 0 aliphatic heterocycles. The van der Waals surface area contributed by atoms with Crippen LogP contribution in [0.4, 0.5) is 0 Å². The first-order chi connectivity index (χ1) is 6.77. The summed E-state index contributed by atoms with van der Waals surface area (Å²) in [7, 11) is 0. The molecule has 1 aromatic heterocycles. The van der Waals surface area contributed by atoms with Gasteiger partial charge in [0.1, 0.15) is 0 Å². The van der Waals surface area contributed by atoms with Crippen LogP contribution < -0.4 is 0 Å². The van der Waals surface area contributed by atoms with E-state index in [1.807, 2.05) is 13.1 Å².